The van der Waals surface area contributed by atoms with E-state index in [0.29, 0.717) is 11.3 Å². The molecule has 0 saturated carbocycles. The minimum Gasteiger partial charge on any atom is -0.508 e. The van der Waals surface area contributed by atoms with Crippen molar-refractivity contribution in [3.05, 3.63) is 23.8 Å². The lowest BCUT2D eigenvalue weighted by molar-refractivity contribution is -0.146. The molecule has 0 saturated heterocycles. The molecule has 0 aliphatic carbocycles. The second kappa shape index (κ2) is 4.43. The zero-order chi connectivity index (χ0) is 12.3. The predicted octanol–water partition coefficient (Wildman–Crippen LogP) is 1.85. The Hall–Kier alpha value is -1.71. The van der Waals surface area contributed by atoms with Crippen LogP contribution in [-0.4, -0.2) is 25.3 Å². The van der Waals surface area contributed by atoms with Crippen LogP contribution in [0.2, 0.25) is 0 Å². The number of rotatable bonds is 3. The summed E-state index contributed by atoms with van der Waals surface area (Å²) in [6.07, 6.45) is 0. The van der Waals surface area contributed by atoms with E-state index in [0.717, 1.165) is 0 Å². The predicted molar refractivity (Wildman–Crippen MR) is 59.7 cm³/mol. The molecule has 0 spiro atoms. The first-order chi connectivity index (χ1) is 7.43. The van der Waals surface area contributed by atoms with Gasteiger partial charge in [0.1, 0.15) is 11.5 Å². The fourth-order valence-corrected chi connectivity index (χ4v) is 1.55. The van der Waals surface area contributed by atoms with Crippen LogP contribution in [0.1, 0.15) is 19.4 Å². The van der Waals surface area contributed by atoms with Crippen LogP contribution in [0.4, 0.5) is 0 Å². The second-order valence-corrected chi connectivity index (χ2v) is 4.00. The minimum atomic E-state index is -0.862. The molecule has 0 amide bonds. The molecule has 1 aromatic carbocycles. The SMILES string of the molecule is COC(=O)C(C)(C)c1cc(O)ccc1OC. The van der Waals surface area contributed by atoms with Gasteiger partial charge in [0.05, 0.1) is 19.6 Å². The highest BCUT2D eigenvalue weighted by atomic mass is 16.5. The molecule has 1 rings (SSSR count). The Balaban J connectivity index is 3.30. The highest BCUT2D eigenvalue weighted by Crippen LogP contribution is 2.34. The number of carbonyl (C=O) groups excluding carboxylic acids is 1. The van der Waals surface area contributed by atoms with Gasteiger partial charge >= 0.3 is 5.97 Å². The maximum Gasteiger partial charge on any atom is 0.315 e. The number of hydrogen-bond donors (Lipinski definition) is 1. The molecule has 0 unspecified atom stereocenters. The van der Waals surface area contributed by atoms with Crippen LogP contribution in [0.3, 0.4) is 0 Å². The van der Waals surface area contributed by atoms with Crippen LogP contribution in [-0.2, 0) is 14.9 Å². The van der Waals surface area contributed by atoms with E-state index < -0.39 is 5.41 Å². The molecule has 0 aliphatic heterocycles. The third-order valence-corrected chi connectivity index (χ3v) is 2.55. The Kier molecular flexibility index (Phi) is 3.42. The molecule has 0 radical (unpaired) electrons. The van der Waals surface area contributed by atoms with Crippen molar-refractivity contribution in [1.82, 2.24) is 0 Å². The Bertz CT molecular complexity index is 396. The number of benzene rings is 1. The minimum absolute atomic E-state index is 0.0905. The van der Waals surface area contributed by atoms with Gasteiger partial charge in [0.25, 0.3) is 0 Å². The number of methoxy groups -OCH3 is 2. The standard InChI is InChI=1S/C12H16O4/c1-12(2,11(14)16-4)9-7-8(13)5-6-10(9)15-3/h5-7,13H,1-4H3. The number of carbonyl (C=O) groups is 1. The molecule has 4 heteroatoms. The zero-order valence-corrected chi connectivity index (χ0v) is 9.90. The van der Waals surface area contributed by atoms with Crippen molar-refractivity contribution in [2.75, 3.05) is 14.2 Å². The third-order valence-electron chi connectivity index (χ3n) is 2.55. The molecule has 1 aromatic rings. The smallest absolute Gasteiger partial charge is 0.315 e. The molecule has 0 atom stereocenters. The van der Waals surface area contributed by atoms with Crippen molar-refractivity contribution in [2.45, 2.75) is 19.3 Å². The van der Waals surface area contributed by atoms with Gasteiger partial charge in [-0.15, -0.1) is 0 Å². The van der Waals surface area contributed by atoms with Crippen LogP contribution in [0, 0.1) is 0 Å². The van der Waals surface area contributed by atoms with E-state index in [2.05, 4.69) is 0 Å². The van der Waals surface area contributed by atoms with Crippen molar-refractivity contribution in [1.29, 1.82) is 0 Å². The van der Waals surface area contributed by atoms with E-state index in [9.17, 15) is 9.90 Å². The summed E-state index contributed by atoms with van der Waals surface area (Å²) in [4.78, 5) is 11.7. The molecule has 0 heterocycles. The van der Waals surface area contributed by atoms with Gasteiger partial charge < -0.3 is 14.6 Å². The Labute approximate surface area is 94.8 Å². The molecule has 1 N–H and O–H groups in total. The maximum absolute atomic E-state index is 11.7. The molecule has 0 bridgehead atoms. The molecule has 88 valence electrons. The van der Waals surface area contributed by atoms with Gasteiger partial charge in [0, 0.05) is 5.56 Å². The van der Waals surface area contributed by atoms with Crippen LogP contribution < -0.4 is 4.74 Å². The van der Waals surface area contributed by atoms with Crippen LogP contribution in [0.25, 0.3) is 0 Å². The lowest BCUT2D eigenvalue weighted by Gasteiger charge is -2.24. The van der Waals surface area contributed by atoms with Gasteiger partial charge in [-0.3, -0.25) is 4.79 Å². The first-order valence-electron chi connectivity index (χ1n) is 4.89. The topological polar surface area (TPSA) is 55.8 Å². The average Bonchev–Trinajstić information content (AvgIpc) is 2.27. The molecule has 16 heavy (non-hydrogen) atoms. The van der Waals surface area contributed by atoms with E-state index in [1.54, 1.807) is 19.9 Å². The van der Waals surface area contributed by atoms with E-state index in [4.69, 9.17) is 9.47 Å². The summed E-state index contributed by atoms with van der Waals surface area (Å²) in [6.45, 7) is 3.44. The van der Waals surface area contributed by atoms with E-state index in [1.807, 2.05) is 0 Å². The normalized spacial score (nSPS) is 11.0. The van der Waals surface area contributed by atoms with Gasteiger partial charge in [0.15, 0.2) is 0 Å². The molecule has 0 fully saturated rings. The number of hydrogen-bond acceptors (Lipinski definition) is 4. The fraction of sp³-hybridized carbons (Fsp3) is 0.417. The molecular formula is C12H16O4. The summed E-state index contributed by atoms with van der Waals surface area (Å²) >= 11 is 0. The second-order valence-electron chi connectivity index (χ2n) is 4.00. The Morgan fingerprint density at radius 3 is 2.44 bits per heavy atom. The zero-order valence-electron chi connectivity index (χ0n) is 9.90. The van der Waals surface area contributed by atoms with Crippen LogP contribution >= 0.6 is 0 Å². The fourth-order valence-electron chi connectivity index (χ4n) is 1.55. The quantitative estimate of drug-likeness (QED) is 0.796. The molecule has 0 aliphatic rings. The van der Waals surface area contributed by atoms with Gasteiger partial charge in [-0.1, -0.05) is 0 Å². The number of ether oxygens (including phenoxy) is 2. The summed E-state index contributed by atoms with van der Waals surface area (Å²) in [7, 11) is 2.85. The number of phenols is 1. The summed E-state index contributed by atoms with van der Waals surface area (Å²) in [5, 5.41) is 9.44. The van der Waals surface area contributed by atoms with E-state index in [1.165, 1.54) is 26.4 Å². The van der Waals surface area contributed by atoms with Crippen molar-refractivity contribution in [3.63, 3.8) is 0 Å². The van der Waals surface area contributed by atoms with E-state index in [-0.39, 0.29) is 11.7 Å². The number of esters is 1. The Morgan fingerprint density at radius 2 is 1.94 bits per heavy atom. The Morgan fingerprint density at radius 1 is 1.31 bits per heavy atom. The first kappa shape index (κ1) is 12.4. The van der Waals surface area contributed by atoms with Crippen LogP contribution in [0.5, 0.6) is 11.5 Å². The molecular weight excluding hydrogens is 208 g/mol. The van der Waals surface area contributed by atoms with Crippen molar-refractivity contribution >= 4 is 5.97 Å². The summed E-state index contributed by atoms with van der Waals surface area (Å²) in [5.41, 5.74) is -0.263. The summed E-state index contributed by atoms with van der Waals surface area (Å²) in [5.74, 6) is 0.261. The van der Waals surface area contributed by atoms with Gasteiger partial charge in [-0.2, -0.15) is 0 Å². The third kappa shape index (κ3) is 2.10. The maximum atomic E-state index is 11.7. The van der Waals surface area contributed by atoms with E-state index >= 15 is 0 Å². The summed E-state index contributed by atoms with van der Waals surface area (Å²) in [6, 6.07) is 4.64. The first-order valence-corrected chi connectivity index (χ1v) is 4.89. The van der Waals surface area contributed by atoms with Gasteiger partial charge in [-0.05, 0) is 32.0 Å². The molecule has 4 nitrogen and oxygen atoms in total. The summed E-state index contributed by atoms with van der Waals surface area (Å²) < 4.78 is 9.90. The van der Waals surface area contributed by atoms with Crippen molar-refractivity contribution in [3.8, 4) is 11.5 Å². The lowest BCUT2D eigenvalue weighted by atomic mass is 9.84. The van der Waals surface area contributed by atoms with Gasteiger partial charge in [0.2, 0.25) is 0 Å². The number of phenolic OH excluding ortho intramolecular Hbond substituents is 1. The van der Waals surface area contributed by atoms with Crippen molar-refractivity contribution < 1.29 is 19.4 Å². The largest absolute Gasteiger partial charge is 0.508 e. The van der Waals surface area contributed by atoms with Gasteiger partial charge in [-0.25, -0.2) is 0 Å². The highest BCUT2D eigenvalue weighted by molar-refractivity contribution is 5.83. The lowest BCUT2D eigenvalue weighted by Crippen LogP contribution is -2.30. The monoisotopic (exact) mass is 224 g/mol. The average molecular weight is 224 g/mol. The van der Waals surface area contributed by atoms with Crippen LogP contribution in [0.15, 0.2) is 18.2 Å². The highest BCUT2D eigenvalue weighted by Gasteiger charge is 2.34. The molecule has 0 aromatic heterocycles. The van der Waals surface area contributed by atoms with Crippen molar-refractivity contribution in [2.24, 2.45) is 0 Å². The number of aromatic hydroxyl groups is 1.